The summed E-state index contributed by atoms with van der Waals surface area (Å²) in [6.45, 7) is 21.3. The first-order valence-electron chi connectivity index (χ1n) is 18.9. The number of unbranched alkanes of at least 4 members (excludes halogenated alkanes) is 2. The van der Waals surface area contributed by atoms with E-state index in [4.69, 9.17) is 4.74 Å². The molecule has 278 valence electrons. The summed E-state index contributed by atoms with van der Waals surface area (Å²) in [5, 5.41) is 0. The fraction of sp³-hybridized carbons (Fsp3) is 0.545. The van der Waals surface area contributed by atoms with Crippen molar-refractivity contribution in [3.63, 3.8) is 0 Å². The standard InChI is InChI=1S/C26H35F.C12H12FNO3.3C2H6/c1-4-6-7-8-9-10-20-26(19-5-2,24-15-11-22(3)12-16-24)25-17-13-23(21-27)14-18-25;1-7-3-4-9(5-10(7)13)11-6-17-12(16)14(11)8(2)15;3*1-2/h11,13-18,22H,4-7,10,12,19-21H2,1-3H3;3-5,11H,6H2,1-2H3;3*1-2H3. The Balaban J connectivity index is 0.000000894. The van der Waals surface area contributed by atoms with E-state index in [1.165, 1.54) is 37.0 Å². The van der Waals surface area contributed by atoms with Gasteiger partial charge in [0.15, 0.2) is 0 Å². The lowest BCUT2D eigenvalue weighted by Gasteiger charge is -2.37. The predicted octanol–water partition coefficient (Wildman–Crippen LogP) is 12.9. The molecule has 4 rings (SSSR count). The summed E-state index contributed by atoms with van der Waals surface area (Å²) >= 11 is 0. The van der Waals surface area contributed by atoms with E-state index in [1.54, 1.807) is 19.1 Å². The Morgan fingerprint density at radius 2 is 1.60 bits per heavy atom. The number of aryl methyl sites for hydroxylation is 1. The summed E-state index contributed by atoms with van der Waals surface area (Å²) in [5.41, 5.74) is 4.56. The molecule has 3 atom stereocenters. The largest absolute Gasteiger partial charge is 0.446 e. The van der Waals surface area contributed by atoms with Crippen LogP contribution in [0.1, 0.15) is 149 Å². The maximum atomic E-state index is 13.4. The molecule has 0 radical (unpaired) electrons. The fourth-order valence-electron chi connectivity index (χ4n) is 5.84. The SMILES string of the molecule is CC.CC.CC.CC(=O)N1C(=O)OCC1c1ccc(C)c(F)c1.CCCCC#CCCC(CCC)(C1=CCC(C)C=C1)c1ccc(CF)cc1. The van der Waals surface area contributed by atoms with Gasteiger partial charge in [0.1, 0.15) is 25.1 Å². The molecule has 0 aromatic heterocycles. The van der Waals surface area contributed by atoms with Crippen molar-refractivity contribution in [3.05, 3.63) is 94.3 Å². The Kier molecular flexibility index (Phi) is 24.2. The van der Waals surface area contributed by atoms with Crippen LogP contribution in [0.25, 0.3) is 0 Å². The van der Waals surface area contributed by atoms with E-state index in [-0.39, 0.29) is 17.8 Å². The van der Waals surface area contributed by atoms with E-state index < -0.39 is 24.7 Å². The second-order valence-electron chi connectivity index (χ2n) is 11.8. The van der Waals surface area contributed by atoms with Crippen LogP contribution >= 0.6 is 0 Å². The van der Waals surface area contributed by atoms with Crippen LogP contribution in [0, 0.1) is 30.5 Å². The van der Waals surface area contributed by atoms with Gasteiger partial charge in [-0.2, -0.15) is 0 Å². The number of nitrogens with zero attached hydrogens (tertiary/aromatic N) is 1. The van der Waals surface area contributed by atoms with E-state index in [9.17, 15) is 18.4 Å². The van der Waals surface area contributed by atoms with Crippen molar-refractivity contribution >= 4 is 12.0 Å². The number of halogens is 2. The van der Waals surface area contributed by atoms with Crippen LogP contribution in [0.2, 0.25) is 0 Å². The lowest BCUT2D eigenvalue weighted by atomic mass is 9.66. The summed E-state index contributed by atoms with van der Waals surface area (Å²) in [4.78, 5) is 23.7. The molecule has 0 spiro atoms. The Morgan fingerprint density at radius 3 is 2.12 bits per heavy atom. The van der Waals surface area contributed by atoms with Gasteiger partial charge in [-0.15, -0.1) is 11.8 Å². The van der Waals surface area contributed by atoms with Gasteiger partial charge in [-0.3, -0.25) is 4.79 Å². The Hall–Kier alpha value is -3.72. The Bertz CT molecular complexity index is 1390. The molecule has 1 fully saturated rings. The highest BCUT2D eigenvalue weighted by Crippen LogP contribution is 2.43. The number of carbonyl (C=O) groups excluding carboxylic acids is 2. The maximum absolute atomic E-state index is 13.4. The van der Waals surface area contributed by atoms with Crippen LogP contribution in [-0.2, 0) is 21.6 Å². The summed E-state index contributed by atoms with van der Waals surface area (Å²) < 4.78 is 31.2. The summed E-state index contributed by atoms with van der Waals surface area (Å²) in [6, 6.07) is 12.3. The van der Waals surface area contributed by atoms with E-state index in [0.29, 0.717) is 17.0 Å². The van der Waals surface area contributed by atoms with Crippen molar-refractivity contribution in [2.75, 3.05) is 6.61 Å². The van der Waals surface area contributed by atoms with Crippen LogP contribution < -0.4 is 0 Å². The number of alkyl halides is 1. The molecule has 6 heteroatoms. The summed E-state index contributed by atoms with van der Waals surface area (Å²) in [6.07, 6.45) is 15.1. The normalized spacial score (nSPS) is 16.9. The lowest BCUT2D eigenvalue weighted by Crippen LogP contribution is -2.32. The molecule has 2 aromatic rings. The number of allylic oxidation sites excluding steroid dienone is 4. The Labute approximate surface area is 303 Å². The van der Waals surface area contributed by atoms with E-state index in [0.717, 1.165) is 49.0 Å². The predicted molar refractivity (Wildman–Crippen MR) is 207 cm³/mol. The number of amides is 2. The molecule has 2 aromatic carbocycles. The molecule has 0 bridgehead atoms. The van der Waals surface area contributed by atoms with Gasteiger partial charge in [-0.1, -0.05) is 130 Å². The van der Waals surface area contributed by atoms with Crippen LogP contribution in [0.15, 0.2) is 66.3 Å². The summed E-state index contributed by atoms with van der Waals surface area (Å²) in [5.74, 6) is 6.60. The van der Waals surface area contributed by atoms with Crippen LogP contribution in [0.5, 0.6) is 0 Å². The molecular weight excluding hydrogens is 628 g/mol. The number of rotatable bonds is 10. The maximum Gasteiger partial charge on any atom is 0.417 e. The molecule has 1 heterocycles. The topological polar surface area (TPSA) is 46.6 Å². The highest BCUT2D eigenvalue weighted by molar-refractivity contribution is 5.92. The first-order valence-corrected chi connectivity index (χ1v) is 18.9. The average Bonchev–Trinajstić information content (AvgIpc) is 3.55. The number of carbonyl (C=O) groups is 2. The lowest BCUT2D eigenvalue weighted by molar-refractivity contribution is -0.126. The quantitative estimate of drug-likeness (QED) is 0.184. The number of hydrogen-bond donors (Lipinski definition) is 0. The molecule has 4 nitrogen and oxygen atoms in total. The van der Waals surface area contributed by atoms with Crippen molar-refractivity contribution in [1.82, 2.24) is 4.90 Å². The van der Waals surface area contributed by atoms with Crippen LogP contribution in [-0.4, -0.2) is 23.5 Å². The van der Waals surface area contributed by atoms with E-state index >= 15 is 0 Å². The van der Waals surface area contributed by atoms with Gasteiger partial charge in [0, 0.05) is 25.2 Å². The van der Waals surface area contributed by atoms with Gasteiger partial charge in [0.25, 0.3) is 0 Å². The van der Waals surface area contributed by atoms with Gasteiger partial charge >= 0.3 is 6.09 Å². The van der Waals surface area contributed by atoms with Crippen molar-refractivity contribution < 1.29 is 23.1 Å². The van der Waals surface area contributed by atoms with Crippen LogP contribution in [0.4, 0.5) is 13.6 Å². The number of benzene rings is 2. The van der Waals surface area contributed by atoms with Gasteiger partial charge < -0.3 is 4.74 Å². The molecule has 2 amide bonds. The molecule has 0 saturated carbocycles. The second kappa shape index (κ2) is 26.1. The zero-order valence-corrected chi connectivity index (χ0v) is 32.9. The number of hydrogen-bond acceptors (Lipinski definition) is 3. The Morgan fingerprint density at radius 1 is 0.960 bits per heavy atom. The van der Waals surface area contributed by atoms with Gasteiger partial charge in [0.05, 0.1) is 0 Å². The third kappa shape index (κ3) is 13.9. The third-order valence-electron chi connectivity index (χ3n) is 8.45. The minimum atomic E-state index is -0.677. The smallest absolute Gasteiger partial charge is 0.417 e. The monoisotopic (exact) mass is 693 g/mol. The van der Waals surface area contributed by atoms with Crippen molar-refractivity contribution in [3.8, 4) is 11.8 Å². The average molecular weight is 694 g/mol. The highest BCUT2D eigenvalue weighted by Gasteiger charge is 2.37. The molecule has 1 aliphatic heterocycles. The van der Waals surface area contributed by atoms with E-state index in [1.807, 2.05) is 53.7 Å². The molecule has 2 aliphatic rings. The molecule has 50 heavy (non-hydrogen) atoms. The first-order chi connectivity index (χ1) is 24.2. The van der Waals surface area contributed by atoms with Gasteiger partial charge in [0.2, 0.25) is 5.91 Å². The number of ether oxygens (including phenoxy) is 1. The minimum absolute atomic E-state index is 0.0142. The number of imide groups is 1. The van der Waals surface area contributed by atoms with Gasteiger partial charge in [-0.05, 0) is 72.4 Å². The molecular formula is C44H65F2NO3. The number of cyclic esters (lactones) is 1. The first kappa shape index (κ1) is 46.3. The van der Waals surface area contributed by atoms with Crippen molar-refractivity contribution in [1.29, 1.82) is 0 Å². The second-order valence-corrected chi connectivity index (χ2v) is 11.8. The molecule has 3 unspecified atom stereocenters. The molecule has 0 N–H and O–H groups in total. The van der Waals surface area contributed by atoms with Crippen molar-refractivity contribution in [2.45, 2.75) is 146 Å². The minimum Gasteiger partial charge on any atom is -0.446 e. The highest BCUT2D eigenvalue weighted by atomic mass is 19.1. The molecule has 1 aliphatic carbocycles. The molecule has 1 saturated heterocycles. The van der Waals surface area contributed by atoms with Crippen molar-refractivity contribution in [2.24, 2.45) is 5.92 Å². The fourth-order valence-corrected chi connectivity index (χ4v) is 5.84. The van der Waals surface area contributed by atoms with Gasteiger partial charge in [-0.25, -0.2) is 18.5 Å². The third-order valence-corrected chi connectivity index (χ3v) is 8.45. The zero-order valence-electron chi connectivity index (χ0n) is 32.9. The zero-order chi connectivity index (χ0) is 38.1. The van der Waals surface area contributed by atoms with Crippen LogP contribution in [0.3, 0.4) is 0 Å². The van der Waals surface area contributed by atoms with E-state index in [2.05, 4.69) is 63.0 Å². The summed E-state index contributed by atoms with van der Waals surface area (Å²) in [7, 11) is 0.